The van der Waals surface area contributed by atoms with Gasteiger partial charge in [-0.1, -0.05) is 158 Å². The highest BCUT2D eigenvalue weighted by Gasteiger charge is 2.26. The molecule has 0 aliphatic carbocycles. The molecule has 2 heterocycles. The number of nitrogens with zero attached hydrogens (tertiary/aromatic N) is 2. The summed E-state index contributed by atoms with van der Waals surface area (Å²) in [6.07, 6.45) is 0. The van der Waals surface area contributed by atoms with Gasteiger partial charge in [0.25, 0.3) is 0 Å². The molecular weight excluding hydrogens is 757 g/mol. The highest BCUT2D eigenvalue weighted by atomic mass is 16.3. The molecule has 0 bridgehead atoms. The molecule has 0 amide bonds. The quantitative estimate of drug-likeness (QED) is 0.153. The third-order valence-electron chi connectivity index (χ3n) is 12.0. The maximum absolute atomic E-state index is 6.74. The van der Waals surface area contributed by atoms with E-state index in [2.05, 4.69) is 216 Å². The summed E-state index contributed by atoms with van der Waals surface area (Å²) in [5.41, 5.74) is 13.9. The largest absolute Gasteiger partial charge is 0.454 e. The summed E-state index contributed by atoms with van der Waals surface area (Å²) in [7, 11) is 0. The van der Waals surface area contributed by atoms with Crippen LogP contribution in [0.15, 0.2) is 239 Å². The van der Waals surface area contributed by atoms with Crippen molar-refractivity contribution in [3.63, 3.8) is 0 Å². The van der Waals surface area contributed by atoms with Gasteiger partial charge < -0.3 is 18.6 Å². The van der Waals surface area contributed by atoms with Gasteiger partial charge in [0.05, 0.1) is 22.7 Å². The van der Waals surface area contributed by atoms with E-state index in [9.17, 15) is 0 Å². The van der Waals surface area contributed by atoms with Gasteiger partial charge in [0, 0.05) is 44.0 Å². The summed E-state index contributed by atoms with van der Waals surface area (Å²) in [4.78, 5) is 4.72. The Labute approximate surface area is 358 Å². The smallest absolute Gasteiger partial charge is 0.159 e. The Balaban J connectivity index is 1.17. The zero-order valence-corrected chi connectivity index (χ0v) is 33.7. The monoisotopic (exact) mass is 794 g/mol. The summed E-state index contributed by atoms with van der Waals surface area (Å²) in [6.45, 7) is 0. The lowest BCUT2D eigenvalue weighted by molar-refractivity contribution is 0.668. The fourth-order valence-electron chi connectivity index (χ4n) is 9.18. The lowest BCUT2D eigenvalue weighted by Gasteiger charge is -2.30. The van der Waals surface area contributed by atoms with Crippen molar-refractivity contribution in [3.8, 4) is 22.3 Å². The number of furan rings is 2. The van der Waals surface area contributed by atoms with Crippen LogP contribution >= 0.6 is 0 Å². The lowest BCUT2D eigenvalue weighted by Crippen LogP contribution is -2.13. The second-order valence-electron chi connectivity index (χ2n) is 15.7. The molecule has 0 saturated carbocycles. The standard InChI is InChI=1S/C58H38N2O2/c1-5-19-39(20-6-1)49-35-41-38-54(60(44-25-11-4-12-26-44)52-32-18-30-48-46-28-14-16-34-56(46)62-58(48)52)50(40-21-7-2-8-22-40)36-42(41)37-53(49)59(43-23-9-3-10-24-43)51-31-17-29-47-45-27-13-15-33-55(45)61-57(47)51/h1-38H. The van der Waals surface area contributed by atoms with Crippen LogP contribution in [-0.2, 0) is 0 Å². The highest BCUT2D eigenvalue weighted by Crippen LogP contribution is 2.50. The molecule has 62 heavy (non-hydrogen) atoms. The maximum Gasteiger partial charge on any atom is 0.159 e. The van der Waals surface area contributed by atoms with Gasteiger partial charge in [-0.2, -0.15) is 0 Å². The first-order valence-corrected chi connectivity index (χ1v) is 21.0. The molecule has 0 unspecified atom stereocenters. The third-order valence-corrected chi connectivity index (χ3v) is 12.0. The first kappa shape index (κ1) is 35.6. The van der Waals surface area contributed by atoms with E-state index in [1.54, 1.807) is 0 Å². The minimum atomic E-state index is 0.843. The summed E-state index contributed by atoms with van der Waals surface area (Å²) < 4.78 is 13.5. The van der Waals surface area contributed by atoms with Gasteiger partial charge in [0.15, 0.2) is 11.2 Å². The Morgan fingerprint density at radius 3 is 1.05 bits per heavy atom. The van der Waals surface area contributed by atoms with Crippen molar-refractivity contribution in [3.05, 3.63) is 231 Å². The summed E-state index contributed by atoms with van der Waals surface area (Å²) >= 11 is 0. The fourth-order valence-corrected chi connectivity index (χ4v) is 9.18. The Morgan fingerprint density at radius 1 is 0.274 bits per heavy atom. The molecule has 0 saturated heterocycles. The van der Waals surface area contributed by atoms with Crippen molar-refractivity contribution in [2.24, 2.45) is 0 Å². The number of para-hydroxylation sites is 6. The van der Waals surface area contributed by atoms with Crippen molar-refractivity contribution in [1.29, 1.82) is 0 Å². The number of hydrogen-bond acceptors (Lipinski definition) is 4. The molecule has 4 nitrogen and oxygen atoms in total. The molecule has 12 rings (SSSR count). The second kappa shape index (κ2) is 14.7. The third kappa shape index (κ3) is 5.92. The minimum Gasteiger partial charge on any atom is -0.454 e. The molecule has 0 fully saturated rings. The zero-order chi connectivity index (χ0) is 41.0. The van der Waals surface area contributed by atoms with Gasteiger partial charge in [-0.05, 0) is 94.7 Å². The van der Waals surface area contributed by atoms with E-state index in [4.69, 9.17) is 8.83 Å². The van der Waals surface area contributed by atoms with Crippen LogP contribution in [0.25, 0.3) is 76.9 Å². The molecule has 4 heteroatoms. The average Bonchev–Trinajstić information content (AvgIpc) is 3.92. The van der Waals surface area contributed by atoms with Crippen LogP contribution in [0.1, 0.15) is 0 Å². The van der Waals surface area contributed by atoms with Crippen LogP contribution in [0.3, 0.4) is 0 Å². The molecule has 0 aliphatic rings. The van der Waals surface area contributed by atoms with E-state index in [0.717, 1.165) is 111 Å². The molecule has 292 valence electrons. The first-order valence-electron chi connectivity index (χ1n) is 21.0. The molecule has 0 spiro atoms. The van der Waals surface area contributed by atoms with Gasteiger partial charge in [0.2, 0.25) is 0 Å². The number of benzene rings is 10. The number of anilines is 6. The van der Waals surface area contributed by atoms with Crippen LogP contribution in [0.5, 0.6) is 0 Å². The Kier molecular flexibility index (Phi) is 8.46. The van der Waals surface area contributed by atoms with E-state index < -0.39 is 0 Å². The summed E-state index contributed by atoms with van der Waals surface area (Å²) in [5.74, 6) is 0. The topological polar surface area (TPSA) is 32.8 Å². The van der Waals surface area contributed by atoms with E-state index in [1.165, 1.54) is 0 Å². The Morgan fingerprint density at radius 2 is 0.629 bits per heavy atom. The van der Waals surface area contributed by atoms with Crippen molar-refractivity contribution in [2.75, 3.05) is 9.80 Å². The van der Waals surface area contributed by atoms with Gasteiger partial charge in [-0.3, -0.25) is 0 Å². The minimum absolute atomic E-state index is 0.843. The predicted octanol–water partition coefficient (Wildman–Crippen LogP) is 16.9. The van der Waals surface area contributed by atoms with Crippen LogP contribution in [0.4, 0.5) is 34.1 Å². The highest BCUT2D eigenvalue weighted by molar-refractivity contribution is 6.13. The van der Waals surface area contributed by atoms with Crippen LogP contribution in [0, 0.1) is 0 Å². The SMILES string of the molecule is c1ccc(-c2cc3cc(N(c4ccccc4)c4cccc5c4oc4ccccc45)c(-c4ccccc4)cc3cc2N(c2ccccc2)c2cccc3c2oc2ccccc23)cc1. The van der Waals surface area contributed by atoms with Crippen molar-refractivity contribution in [1.82, 2.24) is 0 Å². The van der Waals surface area contributed by atoms with E-state index in [0.29, 0.717) is 0 Å². The van der Waals surface area contributed by atoms with Gasteiger partial charge >= 0.3 is 0 Å². The predicted molar refractivity (Wildman–Crippen MR) is 259 cm³/mol. The van der Waals surface area contributed by atoms with Gasteiger partial charge in [-0.25, -0.2) is 0 Å². The molecule has 12 aromatic rings. The molecule has 0 N–H and O–H groups in total. The van der Waals surface area contributed by atoms with Gasteiger partial charge in [-0.15, -0.1) is 0 Å². The van der Waals surface area contributed by atoms with Gasteiger partial charge in [0.1, 0.15) is 11.2 Å². The molecule has 0 atom stereocenters. The number of fused-ring (bicyclic) bond motifs is 7. The van der Waals surface area contributed by atoms with E-state index >= 15 is 0 Å². The molecule has 0 aliphatic heterocycles. The fraction of sp³-hybridized carbons (Fsp3) is 0. The lowest BCUT2D eigenvalue weighted by atomic mass is 9.93. The molecule has 10 aromatic carbocycles. The van der Waals surface area contributed by atoms with Crippen molar-refractivity contribution in [2.45, 2.75) is 0 Å². The van der Waals surface area contributed by atoms with Crippen molar-refractivity contribution >= 4 is 88.8 Å². The summed E-state index contributed by atoms with van der Waals surface area (Å²) in [6, 6.07) is 81.6. The normalized spacial score (nSPS) is 11.5. The second-order valence-corrected chi connectivity index (χ2v) is 15.7. The average molecular weight is 795 g/mol. The summed E-state index contributed by atoms with van der Waals surface area (Å²) in [5, 5.41) is 6.57. The van der Waals surface area contributed by atoms with E-state index in [-0.39, 0.29) is 0 Å². The first-order chi connectivity index (χ1) is 30.8. The van der Waals surface area contributed by atoms with E-state index in [1.807, 2.05) is 24.3 Å². The Bertz CT molecular complexity index is 3340. The maximum atomic E-state index is 6.74. The number of rotatable bonds is 8. The van der Waals surface area contributed by atoms with Crippen molar-refractivity contribution < 1.29 is 8.83 Å². The Hall–Kier alpha value is -8.34. The zero-order valence-electron chi connectivity index (χ0n) is 33.7. The molecule has 2 aromatic heterocycles. The van der Waals surface area contributed by atoms with Crippen LogP contribution in [0.2, 0.25) is 0 Å². The number of hydrogen-bond donors (Lipinski definition) is 0. The van der Waals surface area contributed by atoms with Crippen LogP contribution in [-0.4, -0.2) is 0 Å². The van der Waals surface area contributed by atoms with Crippen LogP contribution < -0.4 is 9.80 Å². The molecular formula is C58H38N2O2. The molecule has 0 radical (unpaired) electrons.